The van der Waals surface area contributed by atoms with Gasteiger partial charge in [0.05, 0.1) is 17.9 Å². The number of aryl methyl sites for hydroxylation is 1. The molecule has 0 saturated carbocycles. The number of hydrogen-bond donors (Lipinski definition) is 0. The lowest BCUT2D eigenvalue weighted by atomic mass is 10.2. The van der Waals surface area contributed by atoms with Crippen LogP contribution < -0.4 is 9.64 Å². The Labute approximate surface area is 108 Å². The molecule has 0 atom stereocenters. The Morgan fingerprint density at radius 1 is 1.42 bits per heavy atom. The first kappa shape index (κ1) is 11.7. The molecule has 5 nitrogen and oxygen atoms in total. The number of anilines is 1. The van der Waals surface area contributed by atoms with Crippen LogP contribution in [-0.4, -0.2) is 24.2 Å². The van der Waals surface area contributed by atoms with E-state index in [2.05, 4.69) is 5.16 Å². The van der Waals surface area contributed by atoms with Crippen molar-refractivity contribution < 1.29 is 18.4 Å². The molecule has 3 rings (SSSR count). The van der Waals surface area contributed by atoms with Crippen molar-refractivity contribution in [1.29, 1.82) is 0 Å². The normalized spacial score (nSPS) is 13.9. The van der Waals surface area contributed by atoms with Gasteiger partial charge < -0.3 is 9.26 Å². The van der Waals surface area contributed by atoms with E-state index in [-0.39, 0.29) is 11.7 Å². The van der Waals surface area contributed by atoms with Crippen molar-refractivity contribution >= 4 is 11.6 Å². The summed E-state index contributed by atoms with van der Waals surface area (Å²) in [7, 11) is 0. The summed E-state index contributed by atoms with van der Waals surface area (Å²) in [5, 5.41) is 3.69. The molecule has 2 aromatic rings. The highest BCUT2D eigenvalue weighted by molar-refractivity contribution is 6.05. The van der Waals surface area contributed by atoms with E-state index in [0.717, 1.165) is 0 Å². The summed E-state index contributed by atoms with van der Waals surface area (Å²) >= 11 is 0. The van der Waals surface area contributed by atoms with E-state index in [9.17, 15) is 9.18 Å². The van der Waals surface area contributed by atoms with E-state index in [0.29, 0.717) is 30.3 Å². The van der Waals surface area contributed by atoms with Gasteiger partial charge >= 0.3 is 0 Å². The van der Waals surface area contributed by atoms with Crippen LogP contribution in [0.3, 0.4) is 0 Å². The topological polar surface area (TPSA) is 55.6 Å². The molecular formula is C13H11FN2O3. The number of nitrogens with zero attached hydrogens (tertiary/aromatic N) is 2. The maximum Gasteiger partial charge on any atom is 0.297 e. The van der Waals surface area contributed by atoms with Gasteiger partial charge in [-0.05, 0) is 19.1 Å². The second kappa shape index (κ2) is 4.38. The SMILES string of the molecule is Cc1cc(C(=O)N2CCOc3cc(F)ccc32)on1. The van der Waals surface area contributed by atoms with Crippen LogP contribution in [0.15, 0.2) is 28.8 Å². The molecule has 0 fully saturated rings. The zero-order chi connectivity index (χ0) is 13.4. The van der Waals surface area contributed by atoms with Gasteiger partial charge in [0, 0.05) is 12.1 Å². The van der Waals surface area contributed by atoms with E-state index in [4.69, 9.17) is 9.26 Å². The summed E-state index contributed by atoms with van der Waals surface area (Å²) < 4.78 is 23.4. The zero-order valence-corrected chi connectivity index (χ0v) is 10.2. The maximum atomic E-state index is 13.1. The summed E-state index contributed by atoms with van der Waals surface area (Å²) in [5.74, 6) is -0.189. The quantitative estimate of drug-likeness (QED) is 0.790. The number of halogens is 1. The van der Waals surface area contributed by atoms with Crippen LogP contribution in [0, 0.1) is 12.7 Å². The standard InChI is InChI=1S/C13H11FN2O3/c1-8-6-12(19-15-8)13(17)16-4-5-18-11-7-9(14)2-3-10(11)16/h2-3,6-7H,4-5H2,1H3. The average Bonchev–Trinajstić information content (AvgIpc) is 2.83. The van der Waals surface area contributed by atoms with E-state index < -0.39 is 5.82 Å². The minimum Gasteiger partial charge on any atom is -0.489 e. The van der Waals surface area contributed by atoms with Crippen LogP contribution in [0.5, 0.6) is 5.75 Å². The molecule has 0 spiro atoms. The van der Waals surface area contributed by atoms with Crippen molar-refractivity contribution in [2.45, 2.75) is 6.92 Å². The van der Waals surface area contributed by atoms with Gasteiger partial charge in [-0.2, -0.15) is 0 Å². The minimum absolute atomic E-state index is 0.162. The van der Waals surface area contributed by atoms with Crippen LogP contribution in [0.25, 0.3) is 0 Å². The average molecular weight is 262 g/mol. The molecule has 2 heterocycles. The first-order valence-electron chi connectivity index (χ1n) is 5.83. The number of hydrogen-bond acceptors (Lipinski definition) is 4. The van der Waals surface area contributed by atoms with E-state index in [1.54, 1.807) is 13.0 Å². The molecule has 0 bridgehead atoms. The lowest BCUT2D eigenvalue weighted by Gasteiger charge is -2.28. The lowest BCUT2D eigenvalue weighted by molar-refractivity contribution is 0.0940. The molecule has 98 valence electrons. The van der Waals surface area contributed by atoms with Gasteiger partial charge in [-0.1, -0.05) is 5.16 Å². The van der Waals surface area contributed by atoms with Gasteiger partial charge in [0.25, 0.3) is 5.91 Å². The second-order valence-corrected chi connectivity index (χ2v) is 4.25. The van der Waals surface area contributed by atoms with E-state index in [1.165, 1.54) is 23.1 Å². The number of rotatable bonds is 1. The van der Waals surface area contributed by atoms with Crippen LogP contribution >= 0.6 is 0 Å². The zero-order valence-electron chi connectivity index (χ0n) is 10.2. The maximum absolute atomic E-state index is 13.1. The smallest absolute Gasteiger partial charge is 0.297 e. The van der Waals surface area contributed by atoms with E-state index >= 15 is 0 Å². The Hall–Kier alpha value is -2.37. The molecule has 0 unspecified atom stereocenters. The first-order chi connectivity index (χ1) is 9.15. The van der Waals surface area contributed by atoms with Gasteiger partial charge in [0.2, 0.25) is 5.76 Å². The third kappa shape index (κ3) is 2.05. The molecule has 0 aliphatic carbocycles. The fraction of sp³-hybridized carbons (Fsp3) is 0.231. The van der Waals surface area contributed by atoms with Crippen LogP contribution in [0.4, 0.5) is 10.1 Å². The molecule has 0 saturated heterocycles. The Balaban J connectivity index is 1.97. The number of benzene rings is 1. The lowest BCUT2D eigenvalue weighted by Crippen LogP contribution is -2.37. The molecule has 1 amide bonds. The predicted octanol–water partition coefficient (Wildman–Crippen LogP) is 2.16. The third-order valence-electron chi connectivity index (χ3n) is 2.87. The molecule has 1 aromatic carbocycles. The Morgan fingerprint density at radius 2 is 2.26 bits per heavy atom. The van der Waals surface area contributed by atoms with Crippen molar-refractivity contribution in [3.8, 4) is 5.75 Å². The number of carbonyl (C=O) groups is 1. The fourth-order valence-corrected chi connectivity index (χ4v) is 2.00. The highest BCUT2D eigenvalue weighted by Crippen LogP contribution is 2.33. The van der Waals surface area contributed by atoms with Gasteiger partial charge in [-0.15, -0.1) is 0 Å². The summed E-state index contributed by atoms with van der Waals surface area (Å²) in [5.41, 5.74) is 1.17. The number of carbonyl (C=O) groups excluding carboxylic acids is 1. The molecular weight excluding hydrogens is 251 g/mol. The number of amides is 1. The predicted molar refractivity (Wildman–Crippen MR) is 64.8 cm³/mol. The minimum atomic E-state index is -0.399. The van der Waals surface area contributed by atoms with Gasteiger partial charge in [0.1, 0.15) is 18.2 Å². The molecule has 1 aliphatic rings. The third-order valence-corrected chi connectivity index (χ3v) is 2.87. The van der Waals surface area contributed by atoms with Crippen LogP contribution in [0.2, 0.25) is 0 Å². The molecule has 1 aliphatic heterocycles. The summed E-state index contributed by atoms with van der Waals surface area (Å²) in [6, 6.07) is 5.64. The van der Waals surface area contributed by atoms with E-state index in [1.807, 2.05) is 0 Å². The van der Waals surface area contributed by atoms with Crippen molar-refractivity contribution in [1.82, 2.24) is 5.16 Å². The molecule has 0 radical (unpaired) electrons. The summed E-state index contributed by atoms with van der Waals surface area (Å²) in [4.78, 5) is 13.8. The molecule has 19 heavy (non-hydrogen) atoms. The fourth-order valence-electron chi connectivity index (χ4n) is 2.00. The molecule has 6 heteroatoms. The number of ether oxygens (including phenoxy) is 1. The Morgan fingerprint density at radius 3 is 3.00 bits per heavy atom. The van der Waals surface area contributed by atoms with Crippen molar-refractivity contribution in [3.63, 3.8) is 0 Å². The molecule has 0 N–H and O–H groups in total. The van der Waals surface area contributed by atoms with Gasteiger partial charge in [-0.3, -0.25) is 9.69 Å². The highest BCUT2D eigenvalue weighted by atomic mass is 19.1. The second-order valence-electron chi connectivity index (χ2n) is 4.25. The van der Waals surface area contributed by atoms with Crippen molar-refractivity contribution in [2.24, 2.45) is 0 Å². The van der Waals surface area contributed by atoms with Crippen LogP contribution in [0.1, 0.15) is 16.2 Å². The monoisotopic (exact) mass is 262 g/mol. The highest BCUT2D eigenvalue weighted by Gasteiger charge is 2.27. The number of aromatic nitrogens is 1. The van der Waals surface area contributed by atoms with Crippen molar-refractivity contribution in [2.75, 3.05) is 18.1 Å². The van der Waals surface area contributed by atoms with Gasteiger partial charge in [0.15, 0.2) is 0 Å². The largest absolute Gasteiger partial charge is 0.489 e. The Bertz CT molecular complexity index is 639. The first-order valence-corrected chi connectivity index (χ1v) is 5.83. The Kier molecular flexibility index (Phi) is 2.70. The number of fused-ring (bicyclic) bond motifs is 1. The summed E-state index contributed by atoms with van der Waals surface area (Å²) in [6.45, 7) is 2.44. The molecule has 1 aromatic heterocycles. The van der Waals surface area contributed by atoms with Crippen molar-refractivity contribution in [3.05, 3.63) is 41.5 Å². The summed E-state index contributed by atoms with van der Waals surface area (Å²) in [6.07, 6.45) is 0. The van der Waals surface area contributed by atoms with Crippen LogP contribution in [-0.2, 0) is 0 Å². The van der Waals surface area contributed by atoms with Gasteiger partial charge in [-0.25, -0.2) is 4.39 Å².